The summed E-state index contributed by atoms with van der Waals surface area (Å²) in [6, 6.07) is 5.03. The van der Waals surface area contributed by atoms with Crippen molar-refractivity contribution in [3.8, 4) is 17.2 Å². The van der Waals surface area contributed by atoms with Gasteiger partial charge in [-0.3, -0.25) is 0 Å². The molecule has 0 aromatic heterocycles. The third kappa shape index (κ3) is 4.21. The molecule has 0 atom stereocenters. The van der Waals surface area contributed by atoms with Crippen molar-refractivity contribution < 1.29 is 24.0 Å². The van der Waals surface area contributed by atoms with Gasteiger partial charge in [0.05, 0.1) is 32.9 Å². The number of benzene rings is 1. The van der Waals surface area contributed by atoms with E-state index in [4.69, 9.17) is 14.2 Å². The van der Waals surface area contributed by atoms with Crippen LogP contribution < -0.4 is 24.0 Å². The first-order valence-corrected chi connectivity index (χ1v) is 9.72. The Hall–Kier alpha value is -1.46. The van der Waals surface area contributed by atoms with E-state index >= 15 is 0 Å². The molecule has 1 heterocycles. The van der Waals surface area contributed by atoms with Crippen LogP contribution in [0.1, 0.15) is 37.7 Å². The van der Waals surface area contributed by atoms with E-state index < -0.39 is 0 Å². The number of hydrogen-bond acceptors (Lipinski definition) is 3. The van der Waals surface area contributed by atoms with E-state index in [0.717, 1.165) is 24.1 Å². The van der Waals surface area contributed by atoms with Crippen molar-refractivity contribution in [1.82, 2.24) is 0 Å². The second kappa shape index (κ2) is 8.77. The van der Waals surface area contributed by atoms with E-state index in [2.05, 4.69) is 6.07 Å². The van der Waals surface area contributed by atoms with Gasteiger partial charge >= 0.3 is 0 Å². The Kier molecular flexibility index (Phi) is 6.43. The van der Waals surface area contributed by atoms with Crippen LogP contribution in [0, 0.1) is 0 Å². The monoisotopic (exact) mass is 350 g/mol. The van der Waals surface area contributed by atoms with Crippen molar-refractivity contribution in [3.05, 3.63) is 17.7 Å². The summed E-state index contributed by atoms with van der Waals surface area (Å²) in [4.78, 5) is 3.49. The van der Waals surface area contributed by atoms with Crippen LogP contribution in [0.25, 0.3) is 0 Å². The summed E-state index contributed by atoms with van der Waals surface area (Å²) in [6.45, 7) is 6.07. The molecule has 2 N–H and O–H groups in total. The van der Waals surface area contributed by atoms with Crippen molar-refractivity contribution in [2.45, 2.75) is 44.7 Å². The zero-order valence-corrected chi connectivity index (χ0v) is 16.0. The maximum absolute atomic E-state index is 5.64. The van der Waals surface area contributed by atoms with Gasteiger partial charge in [0.2, 0.25) is 5.75 Å². The quantitative estimate of drug-likeness (QED) is 0.776. The third-order valence-corrected chi connectivity index (χ3v) is 6.01. The fourth-order valence-electron chi connectivity index (χ4n) is 4.59. The average Bonchev–Trinajstić information content (AvgIpc) is 2.68. The molecule has 1 saturated heterocycles. The van der Waals surface area contributed by atoms with Crippen LogP contribution in [-0.4, -0.2) is 53.6 Å². The van der Waals surface area contributed by atoms with Crippen LogP contribution in [0.2, 0.25) is 0 Å². The van der Waals surface area contributed by atoms with Crippen LogP contribution in [0.5, 0.6) is 17.2 Å². The zero-order valence-electron chi connectivity index (χ0n) is 16.0. The van der Waals surface area contributed by atoms with Gasteiger partial charge in [0.15, 0.2) is 11.5 Å². The van der Waals surface area contributed by atoms with Crippen molar-refractivity contribution in [1.29, 1.82) is 0 Å². The molecular formula is C20H34N2O3+2. The molecule has 0 spiro atoms. The highest BCUT2D eigenvalue weighted by Crippen LogP contribution is 2.39. The second-order valence-corrected chi connectivity index (χ2v) is 7.41. The third-order valence-electron chi connectivity index (χ3n) is 6.01. The molecule has 1 aromatic rings. The first-order chi connectivity index (χ1) is 12.3. The molecule has 0 radical (unpaired) electrons. The molecule has 25 heavy (non-hydrogen) atoms. The number of quaternary nitrogens is 2. The van der Waals surface area contributed by atoms with E-state index in [0.29, 0.717) is 5.75 Å². The fraction of sp³-hybridized carbons (Fsp3) is 0.700. The summed E-state index contributed by atoms with van der Waals surface area (Å²) in [5.41, 5.74) is 1.20. The van der Waals surface area contributed by atoms with Gasteiger partial charge in [-0.25, -0.2) is 0 Å². The molecule has 0 unspecified atom stereocenters. The smallest absolute Gasteiger partial charge is 0.203 e. The minimum atomic E-state index is 0.702. The van der Waals surface area contributed by atoms with Gasteiger partial charge in [-0.1, -0.05) is 6.42 Å². The van der Waals surface area contributed by atoms with Crippen LogP contribution in [0.3, 0.4) is 0 Å². The topological polar surface area (TPSA) is 36.6 Å². The van der Waals surface area contributed by atoms with Gasteiger partial charge in [-0.2, -0.15) is 0 Å². The van der Waals surface area contributed by atoms with Gasteiger partial charge in [-0.05, 0) is 37.8 Å². The highest BCUT2D eigenvalue weighted by atomic mass is 16.5. The lowest BCUT2D eigenvalue weighted by atomic mass is 9.94. The van der Waals surface area contributed by atoms with E-state index in [9.17, 15) is 0 Å². The van der Waals surface area contributed by atoms with Crippen molar-refractivity contribution in [2.24, 2.45) is 0 Å². The predicted molar refractivity (Wildman–Crippen MR) is 98.1 cm³/mol. The molecule has 3 rings (SSSR count). The zero-order chi connectivity index (χ0) is 17.6. The first-order valence-electron chi connectivity index (χ1n) is 9.72. The van der Waals surface area contributed by atoms with E-state index in [-0.39, 0.29) is 0 Å². The highest BCUT2D eigenvalue weighted by Gasteiger charge is 2.31. The lowest BCUT2D eigenvalue weighted by Crippen LogP contribution is -3.29. The van der Waals surface area contributed by atoms with Crippen LogP contribution in [-0.2, 0) is 6.54 Å². The Morgan fingerprint density at radius 3 is 2.12 bits per heavy atom. The van der Waals surface area contributed by atoms with Gasteiger partial charge in [0.25, 0.3) is 0 Å². The largest absolute Gasteiger partial charge is 0.493 e. The van der Waals surface area contributed by atoms with Gasteiger partial charge < -0.3 is 24.0 Å². The predicted octanol–water partition coefficient (Wildman–Crippen LogP) is 0.329. The van der Waals surface area contributed by atoms with Crippen molar-refractivity contribution >= 4 is 0 Å². The Bertz CT molecular complexity index is 550. The molecule has 2 fully saturated rings. The molecule has 5 nitrogen and oxygen atoms in total. The lowest BCUT2D eigenvalue weighted by Gasteiger charge is -2.36. The Labute approximate surface area is 151 Å². The van der Waals surface area contributed by atoms with Crippen molar-refractivity contribution in [2.75, 3.05) is 47.5 Å². The molecule has 1 aliphatic heterocycles. The minimum absolute atomic E-state index is 0.702. The standard InChI is InChI=1S/C20H32N2O3/c1-23-18-10-9-16(19(24-2)20(18)25-3)15-21-11-13-22(14-12-21)17-7-5-4-6-8-17/h9-10,17H,4-8,11-15H2,1-3H3/p+2. The maximum Gasteiger partial charge on any atom is 0.203 e. The van der Waals surface area contributed by atoms with Gasteiger partial charge in [-0.15, -0.1) is 0 Å². The lowest BCUT2D eigenvalue weighted by molar-refractivity contribution is -1.03. The Balaban J connectivity index is 1.62. The summed E-state index contributed by atoms with van der Waals surface area (Å²) in [5.74, 6) is 2.24. The number of nitrogens with one attached hydrogen (secondary N) is 2. The molecule has 0 bridgehead atoms. The van der Waals surface area contributed by atoms with Crippen molar-refractivity contribution in [3.63, 3.8) is 0 Å². The molecule has 0 amide bonds. The number of piperazine rings is 1. The maximum atomic E-state index is 5.64. The van der Waals surface area contributed by atoms with Gasteiger partial charge in [0.1, 0.15) is 32.7 Å². The summed E-state index contributed by atoms with van der Waals surface area (Å²) in [6.07, 6.45) is 7.20. The Morgan fingerprint density at radius 1 is 0.840 bits per heavy atom. The Morgan fingerprint density at radius 2 is 1.52 bits per heavy atom. The summed E-state index contributed by atoms with van der Waals surface area (Å²) >= 11 is 0. The van der Waals surface area contributed by atoms with Crippen LogP contribution in [0.15, 0.2) is 12.1 Å². The van der Waals surface area contributed by atoms with E-state index in [1.165, 1.54) is 63.8 Å². The number of methoxy groups -OCH3 is 3. The number of ether oxygens (including phenoxy) is 3. The summed E-state index contributed by atoms with van der Waals surface area (Å²) in [5, 5.41) is 0. The van der Waals surface area contributed by atoms with E-state index in [1.54, 1.807) is 26.2 Å². The SMILES string of the molecule is COc1ccc(C[NH+]2CC[NH+](C3CCCCC3)CC2)c(OC)c1OC. The molecule has 140 valence electrons. The molecule has 2 aliphatic rings. The molecule has 1 aliphatic carbocycles. The minimum Gasteiger partial charge on any atom is -0.493 e. The normalized spacial score (nSPS) is 24.8. The second-order valence-electron chi connectivity index (χ2n) is 7.41. The van der Waals surface area contributed by atoms with E-state index in [1.807, 2.05) is 11.0 Å². The summed E-state index contributed by atoms with van der Waals surface area (Å²) in [7, 11) is 5.04. The average molecular weight is 351 g/mol. The first kappa shape index (κ1) is 18.3. The van der Waals surface area contributed by atoms with Crippen LogP contribution in [0.4, 0.5) is 0 Å². The number of hydrogen-bond donors (Lipinski definition) is 2. The molecule has 1 aromatic carbocycles. The fourth-order valence-corrected chi connectivity index (χ4v) is 4.59. The molecule has 5 heteroatoms. The number of rotatable bonds is 6. The van der Waals surface area contributed by atoms with Crippen LogP contribution >= 0.6 is 0 Å². The van der Waals surface area contributed by atoms with Gasteiger partial charge in [0, 0.05) is 0 Å². The molecule has 1 saturated carbocycles. The molecular weight excluding hydrogens is 316 g/mol. The summed E-state index contributed by atoms with van der Waals surface area (Å²) < 4.78 is 16.6. The highest BCUT2D eigenvalue weighted by molar-refractivity contribution is 5.55.